The molecule has 1 atom stereocenters. The van der Waals surface area contributed by atoms with Gasteiger partial charge in [-0.05, 0) is 54.8 Å². The van der Waals surface area contributed by atoms with Crippen molar-refractivity contribution in [1.82, 2.24) is 9.88 Å². The maximum atomic E-state index is 13.1. The third kappa shape index (κ3) is 2.60. The Morgan fingerprint density at radius 3 is 2.58 bits per heavy atom. The van der Waals surface area contributed by atoms with E-state index in [-0.39, 0.29) is 11.9 Å². The molecule has 0 bridgehead atoms. The molecule has 1 fully saturated rings. The molecule has 0 radical (unpaired) electrons. The largest absolute Gasteiger partial charge is 0.497 e. The molecule has 0 spiro atoms. The van der Waals surface area contributed by atoms with Gasteiger partial charge >= 0.3 is 0 Å². The van der Waals surface area contributed by atoms with E-state index in [4.69, 9.17) is 9.47 Å². The van der Waals surface area contributed by atoms with E-state index in [1.807, 2.05) is 48.2 Å². The second-order valence-corrected chi connectivity index (χ2v) is 6.62. The quantitative estimate of drug-likeness (QED) is 0.771. The number of rotatable bonds is 4. The van der Waals surface area contributed by atoms with E-state index < -0.39 is 0 Å². The number of benzene rings is 2. The third-order valence-electron chi connectivity index (χ3n) is 5.24. The van der Waals surface area contributed by atoms with Crippen LogP contribution >= 0.6 is 0 Å². The maximum absolute atomic E-state index is 13.1. The van der Waals surface area contributed by atoms with E-state index in [0.717, 1.165) is 46.5 Å². The first-order valence-corrected chi connectivity index (χ1v) is 8.73. The van der Waals surface area contributed by atoms with Crippen LogP contribution in [-0.4, -0.2) is 36.6 Å². The van der Waals surface area contributed by atoms with Crippen LogP contribution in [0.4, 0.5) is 0 Å². The van der Waals surface area contributed by atoms with Crippen LogP contribution in [0, 0.1) is 6.92 Å². The number of amides is 1. The average Bonchev–Trinajstić information content (AvgIpc) is 2.97. The summed E-state index contributed by atoms with van der Waals surface area (Å²) in [6.45, 7) is 2.74. The minimum absolute atomic E-state index is 0.0386. The first-order chi connectivity index (χ1) is 12.6. The maximum Gasteiger partial charge on any atom is 0.271 e. The van der Waals surface area contributed by atoms with Crippen molar-refractivity contribution in [2.75, 3.05) is 20.8 Å². The van der Waals surface area contributed by atoms with Gasteiger partial charge < -0.3 is 19.4 Å². The number of aromatic nitrogens is 1. The van der Waals surface area contributed by atoms with Crippen molar-refractivity contribution >= 4 is 16.8 Å². The van der Waals surface area contributed by atoms with E-state index in [1.54, 1.807) is 14.2 Å². The van der Waals surface area contributed by atoms with Gasteiger partial charge in [0.25, 0.3) is 5.91 Å². The van der Waals surface area contributed by atoms with Gasteiger partial charge in [-0.15, -0.1) is 0 Å². The van der Waals surface area contributed by atoms with Gasteiger partial charge in [0.2, 0.25) is 0 Å². The number of hydrogen-bond donors (Lipinski definition) is 1. The fourth-order valence-electron chi connectivity index (χ4n) is 3.62. The van der Waals surface area contributed by atoms with E-state index in [9.17, 15) is 4.79 Å². The number of nitrogens with one attached hydrogen (secondary N) is 1. The van der Waals surface area contributed by atoms with E-state index in [1.165, 1.54) is 0 Å². The van der Waals surface area contributed by atoms with Crippen molar-refractivity contribution in [3.63, 3.8) is 0 Å². The zero-order valence-electron chi connectivity index (χ0n) is 15.2. The van der Waals surface area contributed by atoms with Crippen LogP contribution < -0.4 is 9.47 Å². The number of fused-ring (bicyclic) bond motifs is 1. The molecule has 3 aromatic rings. The molecule has 1 amide bonds. The fraction of sp³-hybridized carbons (Fsp3) is 0.286. The molecule has 2 heterocycles. The van der Waals surface area contributed by atoms with Crippen molar-refractivity contribution in [3.05, 3.63) is 59.3 Å². The zero-order chi connectivity index (χ0) is 18.3. The highest BCUT2D eigenvalue weighted by atomic mass is 16.5. The monoisotopic (exact) mass is 350 g/mol. The number of H-pyrrole nitrogens is 1. The highest BCUT2D eigenvalue weighted by Gasteiger charge is 2.35. The van der Waals surface area contributed by atoms with Gasteiger partial charge in [-0.2, -0.15) is 0 Å². The molecule has 0 unspecified atom stereocenters. The lowest BCUT2D eigenvalue weighted by Crippen LogP contribution is -2.45. The summed E-state index contributed by atoms with van der Waals surface area (Å²) in [6.07, 6.45) is 0.964. The summed E-state index contributed by atoms with van der Waals surface area (Å²) in [5.74, 6) is 1.64. The first-order valence-electron chi connectivity index (χ1n) is 8.73. The number of carbonyl (C=O) groups is 1. The smallest absolute Gasteiger partial charge is 0.271 e. The first kappa shape index (κ1) is 16.5. The predicted octanol–water partition coefficient (Wildman–Crippen LogP) is 4.08. The van der Waals surface area contributed by atoms with Crippen LogP contribution in [0.2, 0.25) is 0 Å². The van der Waals surface area contributed by atoms with Gasteiger partial charge in [-0.25, -0.2) is 0 Å². The average molecular weight is 350 g/mol. The standard InChI is InChI=1S/C21H22N2O3/c1-13-17-12-16(26-3)7-8-18(17)22-20(13)21(24)23-10-9-19(23)14-5-4-6-15(11-14)25-2/h4-8,11-12,19,22H,9-10H2,1-3H3/t19-/m0/s1. The molecule has 1 aliphatic rings. The molecule has 5 heteroatoms. The van der Waals surface area contributed by atoms with Crippen LogP contribution in [0.25, 0.3) is 10.9 Å². The summed E-state index contributed by atoms with van der Waals surface area (Å²) in [5, 5.41) is 1.02. The summed E-state index contributed by atoms with van der Waals surface area (Å²) in [7, 11) is 3.30. The van der Waals surface area contributed by atoms with E-state index >= 15 is 0 Å². The van der Waals surface area contributed by atoms with Crippen LogP contribution in [-0.2, 0) is 0 Å². The number of methoxy groups -OCH3 is 2. The molecule has 134 valence electrons. The van der Waals surface area contributed by atoms with Crippen LogP contribution in [0.3, 0.4) is 0 Å². The molecular formula is C21H22N2O3. The Balaban J connectivity index is 1.65. The topological polar surface area (TPSA) is 54.6 Å². The molecule has 1 aromatic heterocycles. The van der Waals surface area contributed by atoms with Crippen LogP contribution in [0.5, 0.6) is 11.5 Å². The third-order valence-corrected chi connectivity index (χ3v) is 5.24. The van der Waals surface area contributed by atoms with Crippen molar-refractivity contribution in [1.29, 1.82) is 0 Å². The summed E-state index contributed by atoms with van der Waals surface area (Å²) in [6, 6.07) is 13.9. The Morgan fingerprint density at radius 1 is 1.12 bits per heavy atom. The highest BCUT2D eigenvalue weighted by molar-refractivity contribution is 6.01. The van der Waals surface area contributed by atoms with Crippen molar-refractivity contribution in [2.45, 2.75) is 19.4 Å². The molecule has 1 N–H and O–H groups in total. The Bertz CT molecular complexity index is 977. The van der Waals surface area contributed by atoms with Crippen molar-refractivity contribution < 1.29 is 14.3 Å². The SMILES string of the molecule is COc1cccc([C@@H]2CCN2C(=O)c2[nH]c3ccc(OC)cc3c2C)c1. The van der Waals surface area contributed by atoms with Gasteiger partial charge in [0.15, 0.2) is 0 Å². The highest BCUT2D eigenvalue weighted by Crippen LogP contribution is 2.37. The van der Waals surface area contributed by atoms with Gasteiger partial charge in [0.1, 0.15) is 17.2 Å². The van der Waals surface area contributed by atoms with Gasteiger partial charge in [-0.3, -0.25) is 4.79 Å². The molecule has 0 aliphatic carbocycles. The van der Waals surface area contributed by atoms with E-state index in [2.05, 4.69) is 11.1 Å². The van der Waals surface area contributed by atoms with E-state index in [0.29, 0.717) is 5.69 Å². The number of ether oxygens (including phenoxy) is 2. The molecule has 1 saturated heterocycles. The zero-order valence-corrected chi connectivity index (χ0v) is 15.2. The Labute approximate surface area is 152 Å². The number of hydrogen-bond acceptors (Lipinski definition) is 3. The fourth-order valence-corrected chi connectivity index (χ4v) is 3.62. The lowest BCUT2D eigenvalue weighted by atomic mass is 9.93. The molecule has 0 saturated carbocycles. The Kier molecular flexibility index (Phi) is 4.07. The van der Waals surface area contributed by atoms with Crippen molar-refractivity contribution in [3.8, 4) is 11.5 Å². The lowest BCUT2D eigenvalue weighted by molar-refractivity contribution is 0.0454. The number of aryl methyl sites for hydroxylation is 1. The lowest BCUT2D eigenvalue weighted by Gasteiger charge is -2.41. The Hall–Kier alpha value is -2.95. The molecular weight excluding hydrogens is 328 g/mol. The molecule has 4 rings (SSSR count). The number of likely N-dealkylation sites (tertiary alicyclic amines) is 1. The van der Waals surface area contributed by atoms with Gasteiger partial charge in [-0.1, -0.05) is 12.1 Å². The number of carbonyl (C=O) groups excluding carboxylic acids is 1. The Morgan fingerprint density at radius 2 is 1.88 bits per heavy atom. The second kappa shape index (κ2) is 6.41. The van der Waals surface area contributed by atoms with Gasteiger partial charge in [0.05, 0.1) is 20.3 Å². The summed E-state index contributed by atoms with van der Waals surface area (Å²) < 4.78 is 10.6. The van der Waals surface area contributed by atoms with Crippen LogP contribution in [0.15, 0.2) is 42.5 Å². The molecule has 1 aliphatic heterocycles. The minimum atomic E-state index is 0.0386. The molecule has 2 aromatic carbocycles. The van der Waals surface area contributed by atoms with Crippen molar-refractivity contribution in [2.24, 2.45) is 0 Å². The van der Waals surface area contributed by atoms with Gasteiger partial charge in [0, 0.05) is 17.4 Å². The second-order valence-electron chi connectivity index (χ2n) is 6.62. The molecule has 5 nitrogen and oxygen atoms in total. The molecule has 26 heavy (non-hydrogen) atoms. The predicted molar refractivity (Wildman–Crippen MR) is 101 cm³/mol. The summed E-state index contributed by atoms with van der Waals surface area (Å²) in [4.78, 5) is 18.3. The van der Waals surface area contributed by atoms with Crippen LogP contribution in [0.1, 0.15) is 34.1 Å². The summed E-state index contributed by atoms with van der Waals surface area (Å²) >= 11 is 0. The normalized spacial score (nSPS) is 16.4. The number of nitrogens with zero attached hydrogens (tertiary/aromatic N) is 1. The summed E-state index contributed by atoms with van der Waals surface area (Å²) in [5.41, 5.74) is 3.67. The number of aromatic amines is 1. The minimum Gasteiger partial charge on any atom is -0.497 e.